The van der Waals surface area contributed by atoms with Crippen LogP contribution in [0.5, 0.6) is 0 Å². The van der Waals surface area contributed by atoms with E-state index in [2.05, 4.69) is 6.58 Å². The van der Waals surface area contributed by atoms with Crippen LogP contribution in [0.1, 0.15) is 60.3 Å². The van der Waals surface area contributed by atoms with Crippen LogP contribution in [0.15, 0.2) is 47.1 Å². The van der Waals surface area contributed by atoms with Gasteiger partial charge in [0.05, 0.1) is 5.92 Å². The van der Waals surface area contributed by atoms with Crippen molar-refractivity contribution in [2.24, 2.45) is 5.92 Å². The molecule has 0 aromatic rings. The number of fused-ring (bicyclic) bond motifs is 1. The molecule has 0 N–H and O–H groups in total. The molecule has 1 aliphatic heterocycles. The first kappa shape index (κ1) is 27.1. The molecule has 2 aliphatic rings. The monoisotopic (exact) mass is 474 g/mol. The number of ether oxygens (including phenoxy) is 4. The highest BCUT2D eigenvalue weighted by Gasteiger charge is 2.44. The van der Waals surface area contributed by atoms with Gasteiger partial charge >= 0.3 is 23.9 Å². The van der Waals surface area contributed by atoms with E-state index in [9.17, 15) is 19.2 Å². The third-order valence-electron chi connectivity index (χ3n) is 5.63. The normalized spacial score (nSPS) is 26.1. The standard InChI is InChI=1S/C26H34O8/c1-15-8-7-9-21(14-31-18(4)27)13-24-25(17(3)26(30)34-24)23(33-20(6)29)12-16(2)11-22(10-15)32-19(5)28/h8,11,13,22-25H,3,7,9-10,12,14H2,1-2,4-6H3/t22-,23-,24-,25-/m0/s1. The van der Waals surface area contributed by atoms with Gasteiger partial charge in [0.15, 0.2) is 0 Å². The molecular weight excluding hydrogens is 440 g/mol. The van der Waals surface area contributed by atoms with E-state index in [4.69, 9.17) is 18.9 Å². The van der Waals surface area contributed by atoms with Crippen molar-refractivity contribution in [1.29, 1.82) is 0 Å². The van der Waals surface area contributed by atoms with Crippen LogP contribution in [-0.2, 0) is 38.1 Å². The maximum absolute atomic E-state index is 12.4. The number of hydrogen-bond acceptors (Lipinski definition) is 8. The lowest BCUT2D eigenvalue weighted by Gasteiger charge is -2.27. The Morgan fingerprint density at radius 2 is 1.68 bits per heavy atom. The second kappa shape index (κ2) is 12.3. The SMILES string of the molecule is C=C1C(=O)O[C@H]2C=C(COC(C)=O)CCC=C(C)C[C@H](OC(C)=O)C=C(C)C[C@H](OC(C)=O)[C@H]12. The molecule has 0 radical (unpaired) electrons. The van der Waals surface area contributed by atoms with Crippen molar-refractivity contribution in [3.63, 3.8) is 0 Å². The molecule has 186 valence electrons. The summed E-state index contributed by atoms with van der Waals surface area (Å²) < 4.78 is 21.9. The first-order chi connectivity index (χ1) is 16.0. The molecule has 34 heavy (non-hydrogen) atoms. The molecule has 0 spiro atoms. The molecule has 8 heteroatoms. The average molecular weight is 475 g/mol. The number of carbonyl (C=O) groups is 4. The Balaban J connectivity index is 2.52. The van der Waals surface area contributed by atoms with Crippen LogP contribution in [0.25, 0.3) is 0 Å². The van der Waals surface area contributed by atoms with E-state index in [1.54, 1.807) is 6.08 Å². The first-order valence-corrected chi connectivity index (χ1v) is 11.4. The summed E-state index contributed by atoms with van der Waals surface area (Å²) in [5.41, 5.74) is 2.86. The van der Waals surface area contributed by atoms with Crippen molar-refractivity contribution in [3.8, 4) is 0 Å². The van der Waals surface area contributed by atoms with Crippen LogP contribution in [0.3, 0.4) is 0 Å². The summed E-state index contributed by atoms with van der Waals surface area (Å²) in [6.45, 7) is 11.8. The van der Waals surface area contributed by atoms with Gasteiger partial charge in [-0.15, -0.1) is 0 Å². The fourth-order valence-corrected chi connectivity index (χ4v) is 4.22. The molecule has 0 aromatic heterocycles. The van der Waals surface area contributed by atoms with Crippen LogP contribution in [0.2, 0.25) is 0 Å². The maximum Gasteiger partial charge on any atom is 0.334 e. The minimum Gasteiger partial charge on any atom is -0.461 e. The van der Waals surface area contributed by atoms with Crippen LogP contribution in [0, 0.1) is 5.92 Å². The van der Waals surface area contributed by atoms with E-state index in [1.165, 1.54) is 20.8 Å². The molecule has 0 saturated carbocycles. The first-order valence-electron chi connectivity index (χ1n) is 11.4. The number of allylic oxidation sites excluding steroid dienone is 1. The molecule has 8 nitrogen and oxygen atoms in total. The molecule has 1 heterocycles. The summed E-state index contributed by atoms with van der Waals surface area (Å²) in [6.07, 6.45) is 5.76. The highest BCUT2D eigenvalue weighted by Crippen LogP contribution is 2.36. The van der Waals surface area contributed by atoms with Crippen molar-refractivity contribution >= 4 is 23.9 Å². The fourth-order valence-electron chi connectivity index (χ4n) is 4.22. The lowest BCUT2D eigenvalue weighted by Crippen LogP contribution is -2.33. The average Bonchev–Trinajstić information content (AvgIpc) is 2.97. The number of hydrogen-bond donors (Lipinski definition) is 0. The predicted molar refractivity (Wildman–Crippen MR) is 124 cm³/mol. The zero-order valence-electron chi connectivity index (χ0n) is 20.6. The Morgan fingerprint density at radius 3 is 2.29 bits per heavy atom. The predicted octanol–water partition coefficient (Wildman–Crippen LogP) is 3.90. The minimum atomic E-state index is -0.722. The molecule has 4 atom stereocenters. The molecule has 0 amide bonds. The number of carbonyl (C=O) groups excluding carboxylic acids is 4. The van der Waals surface area contributed by atoms with Crippen molar-refractivity contribution in [2.75, 3.05) is 6.61 Å². The Labute approximate surface area is 200 Å². The maximum atomic E-state index is 12.4. The molecular formula is C26H34O8. The summed E-state index contributed by atoms with van der Waals surface area (Å²) in [5, 5.41) is 0. The molecule has 0 unspecified atom stereocenters. The second-order valence-electron chi connectivity index (χ2n) is 8.83. The topological polar surface area (TPSA) is 105 Å². The van der Waals surface area contributed by atoms with Crippen LogP contribution in [0.4, 0.5) is 0 Å². The Morgan fingerprint density at radius 1 is 1.00 bits per heavy atom. The quantitative estimate of drug-likeness (QED) is 0.261. The summed E-state index contributed by atoms with van der Waals surface area (Å²) in [6, 6.07) is 0. The van der Waals surface area contributed by atoms with E-state index in [0.717, 1.165) is 16.7 Å². The second-order valence-corrected chi connectivity index (χ2v) is 8.83. The van der Waals surface area contributed by atoms with Gasteiger partial charge in [0.1, 0.15) is 24.9 Å². The van der Waals surface area contributed by atoms with E-state index in [1.807, 2.05) is 26.0 Å². The van der Waals surface area contributed by atoms with Gasteiger partial charge in [0.25, 0.3) is 0 Å². The van der Waals surface area contributed by atoms with Crippen molar-refractivity contribution in [3.05, 3.63) is 47.1 Å². The highest BCUT2D eigenvalue weighted by atomic mass is 16.6. The fraction of sp³-hybridized carbons (Fsp3) is 0.538. The zero-order valence-corrected chi connectivity index (χ0v) is 20.6. The molecule has 2 rings (SSSR count). The molecule has 1 saturated heterocycles. The molecule has 1 aliphatic carbocycles. The van der Waals surface area contributed by atoms with Gasteiger partial charge < -0.3 is 18.9 Å². The summed E-state index contributed by atoms with van der Waals surface area (Å²) >= 11 is 0. The lowest BCUT2D eigenvalue weighted by molar-refractivity contribution is -0.149. The number of rotatable bonds is 4. The number of esters is 4. The van der Waals surface area contributed by atoms with Gasteiger partial charge in [0, 0.05) is 39.2 Å². The largest absolute Gasteiger partial charge is 0.461 e. The van der Waals surface area contributed by atoms with Gasteiger partial charge in [-0.3, -0.25) is 14.4 Å². The summed E-state index contributed by atoms with van der Waals surface area (Å²) in [7, 11) is 0. The smallest absolute Gasteiger partial charge is 0.334 e. The molecule has 0 bridgehead atoms. The zero-order chi connectivity index (χ0) is 25.4. The van der Waals surface area contributed by atoms with Crippen LogP contribution < -0.4 is 0 Å². The van der Waals surface area contributed by atoms with E-state index in [-0.39, 0.29) is 12.2 Å². The van der Waals surface area contributed by atoms with Crippen LogP contribution >= 0.6 is 0 Å². The van der Waals surface area contributed by atoms with Crippen molar-refractivity contribution < 1.29 is 38.1 Å². The molecule has 1 fully saturated rings. The van der Waals surface area contributed by atoms with E-state index >= 15 is 0 Å². The lowest BCUT2D eigenvalue weighted by atomic mass is 9.86. The van der Waals surface area contributed by atoms with Gasteiger partial charge in [0.2, 0.25) is 0 Å². The summed E-state index contributed by atoms with van der Waals surface area (Å²) in [5.74, 6) is -2.48. The molecule has 0 aromatic carbocycles. The Bertz CT molecular complexity index is 923. The highest BCUT2D eigenvalue weighted by molar-refractivity contribution is 5.91. The minimum absolute atomic E-state index is 0.0582. The van der Waals surface area contributed by atoms with E-state index in [0.29, 0.717) is 25.7 Å². The van der Waals surface area contributed by atoms with Gasteiger partial charge in [-0.25, -0.2) is 4.79 Å². The van der Waals surface area contributed by atoms with Crippen molar-refractivity contribution in [2.45, 2.75) is 78.6 Å². The third kappa shape index (κ3) is 8.32. The summed E-state index contributed by atoms with van der Waals surface area (Å²) in [4.78, 5) is 47.4. The Hall–Kier alpha value is -3.16. The van der Waals surface area contributed by atoms with E-state index < -0.39 is 48.1 Å². The third-order valence-corrected chi connectivity index (χ3v) is 5.63. The van der Waals surface area contributed by atoms with Gasteiger partial charge in [-0.2, -0.15) is 0 Å². The van der Waals surface area contributed by atoms with Gasteiger partial charge in [-0.1, -0.05) is 23.8 Å². The van der Waals surface area contributed by atoms with Gasteiger partial charge in [-0.05, 0) is 44.4 Å². The van der Waals surface area contributed by atoms with Crippen molar-refractivity contribution in [1.82, 2.24) is 0 Å². The Kier molecular flexibility index (Phi) is 9.83. The van der Waals surface area contributed by atoms with Crippen LogP contribution in [-0.4, -0.2) is 48.8 Å².